The number of pyridine rings is 1. The second-order valence-electron chi connectivity index (χ2n) is 2.44. The minimum absolute atomic E-state index is 0.0198. The zero-order valence-corrected chi connectivity index (χ0v) is 9.68. The molecule has 0 bridgehead atoms. The third-order valence-corrected chi connectivity index (χ3v) is 2.65. The van der Waals surface area contributed by atoms with Crippen LogP contribution in [0.4, 0.5) is 8.78 Å². The Hall–Kier alpha value is -0.480. The topological polar surface area (TPSA) is 36.7 Å². The second kappa shape index (κ2) is 4.84. The molecule has 0 aliphatic heterocycles. The molecule has 0 aliphatic rings. The van der Waals surface area contributed by atoms with Gasteiger partial charge in [-0.25, -0.2) is 13.8 Å². The van der Waals surface area contributed by atoms with Crippen LogP contribution in [-0.4, -0.2) is 4.98 Å². The summed E-state index contributed by atoms with van der Waals surface area (Å²) in [5.74, 6) is 0. The van der Waals surface area contributed by atoms with Crippen molar-refractivity contribution in [3.05, 3.63) is 26.0 Å². The molecule has 14 heavy (non-hydrogen) atoms. The number of aromatic nitrogens is 1. The average molecular weight is 328 g/mol. The second-order valence-corrected chi connectivity index (χ2v) is 3.85. The quantitative estimate of drug-likeness (QED) is 0.617. The lowest BCUT2D eigenvalue weighted by atomic mass is 10.1. The van der Waals surface area contributed by atoms with Gasteiger partial charge in [0.05, 0.1) is 12.5 Å². The van der Waals surface area contributed by atoms with E-state index in [1.807, 2.05) is 6.07 Å². The predicted octanol–water partition coefficient (Wildman–Crippen LogP) is 3.34. The van der Waals surface area contributed by atoms with Crippen molar-refractivity contribution in [3.63, 3.8) is 0 Å². The zero-order valence-electron chi connectivity index (χ0n) is 6.77. The fourth-order valence-corrected chi connectivity index (χ4v) is 2.08. The van der Waals surface area contributed by atoms with E-state index in [1.165, 1.54) is 0 Å². The van der Waals surface area contributed by atoms with Gasteiger partial charge < -0.3 is 0 Å². The molecule has 0 aliphatic carbocycles. The molecular weight excluding hydrogens is 324 g/mol. The van der Waals surface area contributed by atoms with Crippen LogP contribution >= 0.6 is 34.2 Å². The van der Waals surface area contributed by atoms with Crippen LogP contribution in [0.25, 0.3) is 0 Å². The Labute approximate surface area is 98.0 Å². The molecule has 74 valence electrons. The van der Waals surface area contributed by atoms with E-state index < -0.39 is 6.43 Å². The van der Waals surface area contributed by atoms with Crippen molar-refractivity contribution in [2.75, 3.05) is 0 Å². The summed E-state index contributed by atoms with van der Waals surface area (Å²) in [4.78, 5) is 3.80. The molecule has 0 unspecified atom stereocenters. The van der Waals surface area contributed by atoms with Crippen LogP contribution in [0, 0.1) is 15.0 Å². The highest BCUT2D eigenvalue weighted by molar-refractivity contribution is 14.1. The van der Waals surface area contributed by atoms with Gasteiger partial charge in [-0.1, -0.05) is 11.6 Å². The SMILES string of the molecule is N#CCc1c(C(F)F)cc(Cl)nc1I. The van der Waals surface area contributed by atoms with Gasteiger partial charge in [-0.3, -0.25) is 0 Å². The van der Waals surface area contributed by atoms with Gasteiger partial charge >= 0.3 is 0 Å². The van der Waals surface area contributed by atoms with Crippen LogP contribution in [0.1, 0.15) is 17.6 Å². The molecule has 0 atom stereocenters. The van der Waals surface area contributed by atoms with E-state index in [0.29, 0.717) is 3.70 Å². The van der Waals surface area contributed by atoms with Gasteiger partial charge in [0.2, 0.25) is 0 Å². The fourth-order valence-electron chi connectivity index (χ4n) is 0.977. The first-order valence-corrected chi connectivity index (χ1v) is 5.02. The Morgan fingerprint density at radius 2 is 2.29 bits per heavy atom. The van der Waals surface area contributed by atoms with E-state index in [1.54, 1.807) is 22.6 Å². The van der Waals surface area contributed by atoms with E-state index >= 15 is 0 Å². The first kappa shape index (κ1) is 11.6. The van der Waals surface area contributed by atoms with Gasteiger partial charge in [-0.05, 0) is 28.7 Å². The number of halogens is 4. The van der Waals surface area contributed by atoms with Crippen LogP contribution in [0.5, 0.6) is 0 Å². The molecule has 0 radical (unpaired) electrons. The molecule has 0 aromatic carbocycles. The Bertz CT molecular complexity index is 390. The third-order valence-electron chi connectivity index (χ3n) is 1.57. The van der Waals surface area contributed by atoms with Crippen molar-refractivity contribution in [1.29, 1.82) is 5.26 Å². The van der Waals surface area contributed by atoms with E-state index in [9.17, 15) is 8.78 Å². The maximum atomic E-state index is 12.5. The Balaban J connectivity index is 3.30. The van der Waals surface area contributed by atoms with Gasteiger partial charge in [0, 0.05) is 11.1 Å². The fraction of sp³-hybridized carbons (Fsp3) is 0.250. The molecule has 1 rings (SSSR count). The Morgan fingerprint density at radius 3 is 2.79 bits per heavy atom. The summed E-state index contributed by atoms with van der Waals surface area (Å²) in [5, 5.41) is 8.48. The highest BCUT2D eigenvalue weighted by Crippen LogP contribution is 2.28. The van der Waals surface area contributed by atoms with Gasteiger partial charge in [0.25, 0.3) is 6.43 Å². The summed E-state index contributed by atoms with van der Waals surface area (Å²) >= 11 is 7.32. The first-order valence-electron chi connectivity index (χ1n) is 3.56. The molecule has 2 nitrogen and oxygen atoms in total. The van der Waals surface area contributed by atoms with Crippen LogP contribution in [0.15, 0.2) is 6.07 Å². The summed E-state index contributed by atoms with van der Waals surface area (Å²) in [6.07, 6.45) is -2.71. The molecule has 0 N–H and O–H groups in total. The number of rotatable bonds is 2. The number of hydrogen-bond donors (Lipinski definition) is 0. The normalized spacial score (nSPS) is 10.3. The standard InChI is InChI=1S/C8H4ClF2IN2/c9-6-3-5(7(10)11)4(1-2-13)8(12)14-6/h3,7H,1H2. The van der Waals surface area contributed by atoms with E-state index in [2.05, 4.69) is 4.98 Å². The van der Waals surface area contributed by atoms with Gasteiger partial charge in [-0.2, -0.15) is 5.26 Å². The lowest BCUT2D eigenvalue weighted by Gasteiger charge is -2.07. The molecule has 1 aromatic heterocycles. The molecule has 0 saturated heterocycles. The summed E-state index contributed by atoms with van der Waals surface area (Å²) in [7, 11) is 0. The Morgan fingerprint density at radius 1 is 1.64 bits per heavy atom. The van der Waals surface area contributed by atoms with E-state index in [0.717, 1.165) is 6.07 Å². The monoisotopic (exact) mass is 328 g/mol. The molecule has 6 heteroatoms. The summed E-state index contributed by atoms with van der Waals surface area (Å²) in [6.45, 7) is 0. The number of hydrogen-bond acceptors (Lipinski definition) is 2. The lowest BCUT2D eigenvalue weighted by molar-refractivity contribution is 0.150. The number of nitriles is 1. The minimum Gasteiger partial charge on any atom is -0.230 e. The van der Waals surface area contributed by atoms with Crippen LogP contribution in [0.2, 0.25) is 5.15 Å². The van der Waals surface area contributed by atoms with Crippen molar-refractivity contribution in [2.24, 2.45) is 0 Å². The van der Waals surface area contributed by atoms with Gasteiger partial charge in [0.15, 0.2) is 0 Å². The third kappa shape index (κ3) is 2.51. The average Bonchev–Trinajstić information content (AvgIpc) is 2.09. The molecule has 0 spiro atoms. The van der Waals surface area contributed by atoms with E-state index in [-0.39, 0.29) is 22.7 Å². The van der Waals surface area contributed by atoms with Crippen molar-refractivity contribution in [3.8, 4) is 6.07 Å². The van der Waals surface area contributed by atoms with Crippen molar-refractivity contribution in [1.82, 2.24) is 4.98 Å². The van der Waals surface area contributed by atoms with Gasteiger partial charge in [-0.15, -0.1) is 0 Å². The molecule has 0 saturated carbocycles. The van der Waals surface area contributed by atoms with Crippen LogP contribution < -0.4 is 0 Å². The Kier molecular flexibility index (Phi) is 4.01. The smallest absolute Gasteiger partial charge is 0.230 e. The van der Waals surface area contributed by atoms with Crippen LogP contribution in [-0.2, 0) is 6.42 Å². The molecule has 0 fully saturated rings. The highest BCUT2D eigenvalue weighted by Gasteiger charge is 2.17. The summed E-state index contributed by atoms with van der Waals surface area (Å²) < 4.78 is 25.4. The zero-order chi connectivity index (χ0) is 10.7. The van der Waals surface area contributed by atoms with E-state index in [4.69, 9.17) is 16.9 Å². The van der Waals surface area contributed by atoms with Crippen molar-refractivity contribution in [2.45, 2.75) is 12.8 Å². The highest BCUT2D eigenvalue weighted by atomic mass is 127. The maximum Gasteiger partial charge on any atom is 0.264 e. The maximum absolute atomic E-state index is 12.5. The predicted molar refractivity (Wildman–Crippen MR) is 56.2 cm³/mol. The largest absolute Gasteiger partial charge is 0.264 e. The van der Waals surface area contributed by atoms with Crippen LogP contribution in [0.3, 0.4) is 0 Å². The first-order chi connectivity index (χ1) is 6.56. The molecule has 0 amide bonds. The van der Waals surface area contributed by atoms with Gasteiger partial charge in [0.1, 0.15) is 8.85 Å². The minimum atomic E-state index is -2.63. The molecule has 1 heterocycles. The molecular formula is C8H4ClF2IN2. The van der Waals surface area contributed by atoms with Crippen molar-refractivity contribution >= 4 is 34.2 Å². The number of nitrogens with zero attached hydrogens (tertiary/aromatic N) is 2. The number of alkyl halides is 2. The summed E-state index contributed by atoms with van der Waals surface area (Å²) in [6, 6.07) is 2.92. The molecule has 1 aromatic rings. The van der Waals surface area contributed by atoms with Crippen molar-refractivity contribution < 1.29 is 8.78 Å². The lowest BCUT2D eigenvalue weighted by Crippen LogP contribution is -2.00. The summed E-state index contributed by atoms with van der Waals surface area (Å²) in [5.41, 5.74) is 0.0449.